The van der Waals surface area contributed by atoms with Crippen molar-refractivity contribution in [3.63, 3.8) is 0 Å². The van der Waals surface area contributed by atoms with Crippen LogP contribution in [0.1, 0.15) is 33.4 Å². The second-order valence-electron chi connectivity index (χ2n) is 5.38. The van der Waals surface area contributed by atoms with Gasteiger partial charge in [0.05, 0.1) is 16.9 Å². The highest BCUT2D eigenvalue weighted by atomic mass is 16.5. The Morgan fingerprint density at radius 1 is 1.35 bits per heavy atom. The summed E-state index contributed by atoms with van der Waals surface area (Å²) < 4.78 is 7.15. The van der Waals surface area contributed by atoms with Gasteiger partial charge < -0.3 is 14.8 Å². The molecule has 0 radical (unpaired) electrons. The highest BCUT2D eigenvalue weighted by Crippen LogP contribution is 2.25. The SMILES string of the molecule is Cc1nn(C)cc1B(O)OC(C)(C)C(C)(C)O. The van der Waals surface area contributed by atoms with Crippen molar-refractivity contribution in [1.82, 2.24) is 9.78 Å². The Balaban J connectivity index is 2.86. The average molecular weight is 240 g/mol. The standard InChI is InChI=1S/C11H21BN2O3/c1-8-9(7-14(6)13-8)12(16)17-11(4,5)10(2,3)15/h7,15-16H,1-6H3. The fourth-order valence-electron chi connectivity index (χ4n) is 1.35. The Hall–Kier alpha value is -0.845. The van der Waals surface area contributed by atoms with Gasteiger partial charge in [0, 0.05) is 18.7 Å². The number of hydrogen-bond acceptors (Lipinski definition) is 4. The molecule has 1 aromatic heterocycles. The molecule has 0 aliphatic rings. The maximum Gasteiger partial charge on any atom is 0.495 e. The van der Waals surface area contributed by atoms with Gasteiger partial charge in [-0.1, -0.05) is 0 Å². The quantitative estimate of drug-likeness (QED) is 0.726. The average Bonchev–Trinajstić information content (AvgIpc) is 2.42. The highest BCUT2D eigenvalue weighted by Gasteiger charge is 2.40. The van der Waals surface area contributed by atoms with Crippen LogP contribution in [0.2, 0.25) is 0 Å². The van der Waals surface area contributed by atoms with Gasteiger partial charge in [0.1, 0.15) is 0 Å². The van der Waals surface area contributed by atoms with Crippen LogP contribution < -0.4 is 5.46 Å². The van der Waals surface area contributed by atoms with E-state index in [0.717, 1.165) is 0 Å². The molecule has 2 N–H and O–H groups in total. The summed E-state index contributed by atoms with van der Waals surface area (Å²) in [7, 11) is 0.690. The first kappa shape index (κ1) is 14.2. The van der Waals surface area contributed by atoms with Crippen LogP contribution in [0.4, 0.5) is 0 Å². The number of hydrogen-bond donors (Lipinski definition) is 2. The normalized spacial score (nSPS) is 12.9. The summed E-state index contributed by atoms with van der Waals surface area (Å²) in [5, 5.41) is 24.1. The first-order valence-corrected chi connectivity index (χ1v) is 5.63. The Labute approximate surface area is 103 Å². The largest absolute Gasteiger partial charge is 0.495 e. The van der Waals surface area contributed by atoms with Gasteiger partial charge in [-0.05, 0) is 34.6 Å². The van der Waals surface area contributed by atoms with Crippen LogP contribution in [-0.2, 0) is 11.7 Å². The molecule has 0 unspecified atom stereocenters. The number of aromatic nitrogens is 2. The number of rotatable bonds is 4. The number of nitrogens with zero attached hydrogens (tertiary/aromatic N) is 2. The van der Waals surface area contributed by atoms with E-state index < -0.39 is 18.3 Å². The summed E-state index contributed by atoms with van der Waals surface area (Å²) in [6, 6.07) is 0. The van der Waals surface area contributed by atoms with Gasteiger partial charge in [0.15, 0.2) is 0 Å². The van der Waals surface area contributed by atoms with Crippen molar-refractivity contribution in [3.05, 3.63) is 11.9 Å². The monoisotopic (exact) mass is 240 g/mol. The van der Waals surface area contributed by atoms with E-state index >= 15 is 0 Å². The minimum atomic E-state index is -1.09. The van der Waals surface area contributed by atoms with Gasteiger partial charge in [-0.25, -0.2) is 0 Å². The molecule has 1 aromatic rings. The molecular weight excluding hydrogens is 219 g/mol. The van der Waals surface area contributed by atoms with E-state index in [-0.39, 0.29) is 0 Å². The smallest absolute Gasteiger partial charge is 0.423 e. The molecule has 1 heterocycles. The number of aryl methyl sites for hydroxylation is 2. The fraction of sp³-hybridized carbons (Fsp3) is 0.727. The molecule has 1 rings (SSSR count). The fourth-order valence-corrected chi connectivity index (χ4v) is 1.35. The predicted octanol–water partition coefficient (Wildman–Crippen LogP) is -0.0179. The van der Waals surface area contributed by atoms with Crippen LogP contribution in [0.3, 0.4) is 0 Å². The van der Waals surface area contributed by atoms with Gasteiger partial charge in [-0.3, -0.25) is 4.68 Å². The van der Waals surface area contributed by atoms with Gasteiger partial charge in [0.2, 0.25) is 0 Å². The summed E-state index contributed by atoms with van der Waals surface area (Å²) in [6.07, 6.45) is 1.71. The maximum atomic E-state index is 10.0. The molecule has 0 aromatic carbocycles. The Bertz CT molecular complexity index is 396. The summed E-state index contributed by atoms with van der Waals surface area (Å²) in [4.78, 5) is 0. The molecule has 0 spiro atoms. The lowest BCUT2D eigenvalue weighted by molar-refractivity contribution is -0.0982. The zero-order chi connectivity index (χ0) is 13.4. The molecule has 0 fully saturated rings. The van der Waals surface area contributed by atoms with Crippen LogP contribution >= 0.6 is 0 Å². The lowest BCUT2D eigenvalue weighted by atomic mass is 9.77. The summed E-state index contributed by atoms with van der Waals surface area (Å²) in [5.74, 6) is 0. The number of aliphatic hydroxyl groups is 1. The van der Waals surface area contributed by atoms with Crippen LogP contribution in [-0.4, -0.2) is 38.2 Å². The van der Waals surface area contributed by atoms with Gasteiger partial charge in [0.25, 0.3) is 0 Å². The van der Waals surface area contributed by atoms with Crippen molar-refractivity contribution < 1.29 is 14.8 Å². The maximum absolute atomic E-state index is 10.0. The third kappa shape index (κ3) is 3.09. The first-order valence-electron chi connectivity index (χ1n) is 5.63. The predicted molar refractivity (Wildman–Crippen MR) is 67.0 cm³/mol. The van der Waals surface area contributed by atoms with Crippen molar-refractivity contribution in [3.8, 4) is 0 Å². The van der Waals surface area contributed by atoms with Crippen molar-refractivity contribution in [2.75, 3.05) is 0 Å². The van der Waals surface area contributed by atoms with E-state index in [1.807, 2.05) is 0 Å². The van der Waals surface area contributed by atoms with Crippen molar-refractivity contribution in [2.45, 2.75) is 45.8 Å². The molecule has 0 amide bonds. The van der Waals surface area contributed by atoms with E-state index in [0.29, 0.717) is 11.2 Å². The second kappa shape index (κ2) is 4.44. The molecule has 0 saturated carbocycles. The third-order valence-corrected chi connectivity index (χ3v) is 3.20. The first-order chi connectivity index (χ1) is 7.54. The Morgan fingerprint density at radius 3 is 2.24 bits per heavy atom. The third-order valence-electron chi connectivity index (χ3n) is 3.20. The van der Waals surface area contributed by atoms with E-state index in [2.05, 4.69) is 5.10 Å². The van der Waals surface area contributed by atoms with Crippen LogP contribution in [0.5, 0.6) is 0 Å². The molecule has 0 bridgehead atoms. The molecule has 17 heavy (non-hydrogen) atoms. The molecule has 6 heteroatoms. The molecule has 0 aliphatic heterocycles. The molecule has 0 atom stereocenters. The zero-order valence-electron chi connectivity index (χ0n) is 11.4. The van der Waals surface area contributed by atoms with Crippen LogP contribution in [0.25, 0.3) is 0 Å². The van der Waals surface area contributed by atoms with E-state index in [4.69, 9.17) is 4.65 Å². The van der Waals surface area contributed by atoms with E-state index in [9.17, 15) is 10.1 Å². The van der Waals surface area contributed by atoms with Crippen molar-refractivity contribution >= 4 is 12.6 Å². The Morgan fingerprint density at radius 2 is 1.88 bits per heavy atom. The van der Waals surface area contributed by atoms with Crippen molar-refractivity contribution in [1.29, 1.82) is 0 Å². The Kier molecular flexibility index (Phi) is 3.71. The summed E-state index contributed by atoms with van der Waals surface area (Å²) in [6.45, 7) is 8.58. The van der Waals surface area contributed by atoms with E-state index in [1.54, 1.807) is 52.5 Å². The highest BCUT2D eigenvalue weighted by molar-refractivity contribution is 6.60. The topological polar surface area (TPSA) is 67.5 Å². The van der Waals surface area contributed by atoms with Gasteiger partial charge in [-0.2, -0.15) is 5.10 Å². The molecule has 0 aliphatic carbocycles. The molecule has 0 saturated heterocycles. The molecule has 96 valence electrons. The van der Waals surface area contributed by atoms with E-state index in [1.165, 1.54) is 0 Å². The van der Waals surface area contributed by atoms with Gasteiger partial charge in [-0.15, -0.1) is 0 Å². The lowest BCUT2D eigenvalue weighted by Gasteiger charge is -2.38. The molecule has 5 nitrogen and oxygen atoms in total. The van der Waals surface area contributed by atoms with Crippen molar-refractivity contribution in [2.24, 2.45) is 7.05 Å². The van der Waals surface area contributed by atoms with Gasteiger partial charge >= 0.3 is 7.12 Å². The van der Waals surface area contributed by atoms with Crippen LogP contribution in [0, 0.1) is 6.92 Å². The second-order valence-corrected chi connectivity index (χ2v) is 5.38. The summed E-state index contributed by atoms with van der Waals surface area (Å²) in [5.41, 5.74) is -0.588. The summed E-state index contributed by atoms with van der Waals surface area (Å²) >= 11 is 0. The zero-order valence-corrected chi connectivity index (χ0v) is 11.4. The minimum absolute atomic E-state index is 0.616. The molecular formula is C11H21BN2O3. The minimum Gasteiger partial charge on any atom is -0.423 e. The lowest BCUT2D eigenvalue weighted by Crippen LogP contribution is -2.53. The van der Waals surface area contributed by atoms with Crippen LogP contribution in [0.15, 0.2) is 6.20 Å².